The van der Waals surface area contributed by atoms with Crippen molar-refractivity contribution in [2.75, 3.05) is 20.3 Å². The monoisotopic (exact) mass is 501 g/mol. The Morgan fingerprint density at radius 2 is 1.81 bits per heavy atom. The van der Waals surface area contributed by atoms with Crippen LogP contribution >= 0.6 is 0 Å². The summed E-state index contributed by atoms with van der Waals surface area (Å²) in [6.45, 7) is 7.44. The van der Waals surface area contributed by atoms with Crippen LogP contribution in [0.4, 0.5) is 4.39 Å². The van der Waals surface area contributed by atoms with Crippen LogP contribution in [-0.2, 0) is 4.74 Å². The largest absolute Gasteiger partial charge is 0.401 e. The second-order valence-electron chi connectivity index (χ2n) is 10.4. The molecule has 0 spiro atoms. The van der Waals surface area contributed by atoms with Gasteiger partial charge >= 0.3 is 0 Å². The molecule has 0 amide bonds. The molecule has 4 N–H and O–H groups in total. The van der Waals surface area contributed by atoms with Crippen LogP contribution in [0.25, 0.3) is 27.6 Å². The second-order valence-corrected chi connectivity index (χ2v) is 10.4. The van der Waals surface area contributed by atoms with Gasteiger partial charge < -0.3 is 20.0 Å². The maximum absolute atomic E-state index is 16.8. The van der Waals surface area contributed by atoms with Gasteiger partial charge in [0.2, 0.25) is 0 Å². The van der Waals surface area contributed by atoms with Gasteiger partial charge in [0.05, 0.1) is 28.3 Å². The van der Waals surface area contributed by atoms with E-state index in [4.69, 9.17) is 21.3 Å². The third-order valence-corrected chi connectivity index (χ3v) is 7.54. The molecule has 1 fully saturated rings. The van der Waals surface area contributed by atoms with E-state index in [1.165, 1.54) is 5.01 Å². The summed E-state index contributed by atoms with van der Waals surface area (Å²) in [6.07, 6.45) is 3.72. The molecule has 1 atom stereocenters. The van der Waals surface area contributed by atoms with E-state index in [0.29, 0.717) is 41.6 Å². The van der Waals surface area contributed by atoms with Crippen LogP contribution in [0, 0.1) is 11.7 Å². The van der Waals surface area contributed by atoms with E-state index in [0.717, 1.165) is 40.4 Å². The van der Waals surface area contributed by atoms with Crippen LogP contribution in [0.15, 0.2) is 60.4 Å². The lowest BCUT2D eigenvalue weighted by Gasteiger charge is -2.33. The van der Waals surface area contributed by atoms with Gasteiger partial charge in [-0.15, -0.1) is 0 Å². The minimum atomic E-state index is -0.341. The van der Waals surface area contributed by atoms with E-state index < -0.39 is 0 Å². The number of rotatable bonds is 6. The summed E-state index contributed by atoms with van der Waals surface area (Å²) in [4.78, 5) is 4.87. The zero-order chi connectivity index (χ0) is 26.3. The molecule has 0 bridgehead atoms. The molecule has 37 heavy (non-hydrogen) atoms. The lowest BCUT2D eigenvalue weighted by Crippen LogP contribution is -2.28. The Bertz CT molecular complexity index is 1450. The molecule has 2 aromatic carbocycles. The molecule has 0 aliphatic carbocycles. The van der Waals surface area contributed by atoms with Gasteiger partial charge in [-0.25, -0.2) is 10.2 Å². The number of allylic oxidation sites excluding steroid dienone is 1. The highest BCUT2D eigenvalue weighted by Crippen LogP contribution is 2.42. The third kappa shape index (κ3) is 4.47. The van der Waals surface area contributed by atoms with Crippen molar-refractivity contribution in [2.45, 2.75) is 45.6 Å². The van der Waals surface area contributed by atoms with Crippen LogP contribution < -0.4 is 11.6 Å². The number of nitrogens with two attached hydrogens (primary N) is 2. The highest BCUT2D eigenvalue weighted by atomic mass is 19.1. The quantitative estimate of drug-likeness (QED) is 0.253. The Hall–Kier alpha value is -3.42. The normalized spacial score (nSPS) is 16.4. The predicted octanol–water partition coefficient (Wildman–Crippen LogP) is 5.92. The molecule has 5 rings (SSSR count). The number of hydrogen-bond acceptors (Lipinski definition) is 5. The van der Waals surface area contributed by atoms with Crippen molar-refractivity contribution >= 4 is 27.6 Å². The number of benzene rings is 2. The lowest BCUT2D eigenvalue weighted by molar-refractivity contribution is 0.0552. The van der Waals surface area contributed by atoms with E-state index in [2.05, 4.69) is 48.7 Å². The summed E-state index contributed by atoms with van der Waals surface area (Å²) in [7, 11) is 1.68. The molecule has 1 aliphatic heterocycles. The fourth-order valence-corrected chi connectivity index (χ4v) is 5.75. The first-order valence-corrected chi connectivity index (χ1v) is 13.0. The van der Waals surface area contributed by atoms with Crippen LogP contribution in [0.1, 0.15) is 62.3 Å². The van der Waals surface area contributed by atoms with E-state index in [-0.39, 0.29) is 17.8 Å². The standard InChI is InChI=1S/C30H36FN5O/c1-18(2)22-16-25-27(34-17-22)24-11-10-23(28(19(3)32)35(4)33)26(31)30(24)36(25)29(20-8-6-5-7-9-20)21-12-14-37-15-13-21/h5-11,16-18,21,29H,12-15,32-33H2,1-4H3/b28-19-. The molecule has 0 radical (unpaired) electrons. The molecule has 6 nitrogen and oxygen atoms in total. The molecular formula is C30H36FN5O. The van der Waals surface area contributed by atoms with Crippen molar-refractivity contribution in [1.82, 2.24) is 14.6 Å². The van der Waals surface area contributed by atoms with Gasteiger partial charge in [-0.05, 0) is 60.9 Å². The summed E-state index contributed by atoms with van der Waals surface area (Å²) < 4.78 is 24.7. The fourth-order valence-electron chi connectivity index (χ4n) is 5.75. The summed E-state index contributed by atoms with van der Waals surface area (Å²) in [6, 6.07) is 16.2. The van der Waals surface area contributed by atoms with Crippen molar-refractivity contribution < 1.29 is 9.13 Å². The first-order valence-electron chi connectivity index (χ1n) is 13.0. The SMILES string of the molecule is C/C(N)=C(\c1ccc2c3ncc(C(C)C)cc3n(C(c3ccccc3)C3CCOCC3)c2c1F)N(C)N. The molecule has 7 heteroatoms. The Morgan fingerprint density at radius 1 is 1.11 bits per heavy atom. The molecule has 3 heterocycles. The molecule has 1 unspecified atom stereocenters. The number of hydrazine groups is 1. The summed E-state index contributed by atoms with van der Waals surface area (Å²) in [5.41, 5.74) is 12.0. The Labute approximate surface area is 217 Å². The summed E-state index contributed by atoms with van der Waals surface area (Å²) in [5.74, 6) is 6.35. The second kappa shape index (κ2) is 10.1. The number of fused-ring (bicyclic) bond motifs is 3. The molecule has 2 aromatic heterocycles. The van der Waals surface area contributed by atoms with E-state index in [1.54, 1.807) is 20.0 Å². The number of nitrogens with zero attached hydrogens (tertiary/aromatic N) is 3. The minimum Gasteiger partial charge on any atom is -0.401 e. The molecule has 1 aliphatic rings. The Balaban J connectivity index is 1.91. The Kier molecular flexibility index (Phi) is 6.92. The van der Waals surface area contributed by atoms with Crippen molar-refractivity contribution in [3.05, 3.63) is 82.9 Å². The molecular weight excluding hydrogens is 465 g/mol. The summed E-state index contributed by atoms with van der Waals surface area (Å²) >= 11 is 0. The maximum Gasteiger partial charge on any atom is 0.156 e. The highest BCUT2D eigenvalue weighted by Gasteiger charge is 2.32. The number of pyridine rings is 1. The van der Waals surface area contributed by atoms with Gasteiger partial charge in [0.1, 0.15) is 0 Å². The first kappa shape index (κ1) is 25.2. The lowest BCUT2D eigenvalue weighted by atomic mass is 9.86. The maximum atomic E-state index is 16.8. The van der Waals surface area contributed by atoms with Gasteiger partial charge in [-0.1, -0.05) is 44.2 Å². The van der Waals surface area contributed by atoms with Crippen LogP contribution in [0.5, 0.6) is 0 Å². The average Bonchev–Trinajstić information content (AvgIpc) is 3.21. The fraction of sp³-hybridized carbons (Fsp3) is 0.367. The minimum absolute atomic E-state index is 0.0823. The van der Waals surface area contributed by atoms with Crippen LogP contribution in [0.2, 0.25) is 0 Å². The van der Waals surface area contributed by atoms with Crippen molar-refractivity contribution in [3.8, 4) is 0 Å². The van der Waals surface area contributed by atoms with E-state index >= 15 is 4.39 Å². The van der Waals surface area contributed by atoms with Gasteiger partial charge in [0.15, 0.2) is 5.82 Å². The molecule has 194 valence electrons. The predicted molar refractivity (Wildman–Crippen MR) is 148 cm³/mol. The van der Waals surface area contributed by atoms with Gasteiger partial charge in [0.25, 0.3) is 0 Å². The molecule has 4 aromatic rings. The number of aromatic nitrogens is 2. The highest BCUT2D eigenvalue weighted by molar-refractivity contribution is 6.07. The van der Waals surface area contributed by atoms with Gasteiger partial charge in [-0.3, -0.25) is 4.98 Å². The number of halogens is 1. The van der Waals surface area contributed by atoms with Crippen LogP contribution in [0.3, 0.4) is 0 Å². The van der Waals surface area contributed by atoms with Crippen molar-refractivity contribution in [2.24, 2.45) is 17.5 Å². The zero-order valence-electron chi connectivity index (χ0n) is 22.0. The topological polar surface area (TPSA) is 82.3 Å². The van der Waals surface area contributed by atoms with Crippen molar-refractivity contribution in [1.29, 1.82) is 0 Å². The van der Waals surface area contributed by atoms with E-state index in [1.807, 2.05) is 18.3 Å². The van der Waals surface area contributed by atoms with Crippen molar-refractivity contribution in [3.63, 3.8) is 0 Å². The third-order valence-electron chi connectivity index (χ3n) is 7.54. The van der Waals surface area contributed by atoms with Gasteiger partial charge in [-0.2, -0.15) is 0 Å². The summed E-state index contributed by atoms with van der Waals surface area (Å²) in [5, 5.41) is 2.17. The van der Waals surface area contributed by atoms with E-state index in [9.17, 15) is 0 Å². The zero-order valence-corrected chi connectivity index (χ0v) is 22.0. The molecule has 1 saturated heterocycles. The smallest absolute Gasteiger partial charge is 0.156 e. The average molecular weight is 502 g/mol. The van der Waals surface area contributed by atoms with Crippen LogP contribution in [-0.4, -0.2) is 34.8 Å². The van der Waals surface area contributed by atoms with Gasteiger partial charge in [0, 0.05) is 43.1 Å². The number of ether oxygens (including phenoxy) is 1. The number of hydrogen-bond donors (Lipinski definition) is 2. The Morgan fingerprint density at radius 3 is 2.43 bits per heavy atom. The molecule has 0 saturated carbocycles. The first-order chi connectivity index (χ1) is 17.8.